The Morgan fingerprint density at radius 1 is 0.800 bits per heavy atom. The highest BCUT2D eigenvalue weighted by Gasteiger charge is 2.69. The monoisotopic (exact) mass is 778 g/mol. The summed E-state index contributed by atoms with van der Waals surface area (Å²) in [5.41, 5.74) is -4.57. The fourth-order valence-electron chi connectivity index (χ4n) is 6.59. The van der Waals surface area contributed by atoms with Crippen LogP contribution in [0.5, 0.6) is 5.75 Å². The van der Waals surface area contributed by atoms with E-state index in [1.165, 1.54) is 32.1 Å². The molecule has 1 saturated heterocycles. The first-order valence-electron chi connectivity index (χ1n) is 16.8. The first-order chi connectivity index (χ1) is 25.8. The summed E-state index contributed by atoms with van der Waals surface area (Å²) in [5, 5.41) is 24.2. The molecule has 4 rings (SSSR count). The number of ether oxygens (including phenoxy) is 10. The van der Waals surface area contributed by atoms with Crippen molar-refractivity contribution in [1.82, 2.24) is 0 Å². The molecule has 19 nitrogen and oxygen atoms in total. The van der Waals surface area contributed by atoms with E-state index in [4.69, 9.17) is 47.4 Å². The number of hydrogen-bond donors (Lipinski definition) is 2. The van der Waals surface area contributed by atoms with Gasteiger partial charge >= 0.3 is 41.8 Å². The summed E-state index contributed by atoms with van der Waals surface area (Å²) >= 11 is 0. The number of carbonyl (C=O) groups excluding carboxylic acids is 7. The van der Waals surface area contributed by atoms with Gasteiger partial charge in [0.05, 0.1) is 19.3 Å². The van der Waals surface area contributed by atoms with Crippen molar-refractivity contribution < 1.29 is 91.1 Å². The topological polar surface area (TPSA) is 252 Å². The SMILES string of the molecule is COC(=O)C1=COC(OC2OC(COC(C)=O)C(OC(C)=O)C(OC(C)=O)C2OC(C)=O)C2C1(O)CC(OC(=O)C=Cc1ccc(OC(C)=O)cc1)C2(C)O. The number of fused-ring (bicyclic) bond motifs is 1. The minimum Gasteiger partial charge on any atom is -0.471 e. The zero-order valence-corrected chi connectivity index (χ0v) is 30.9. The highest BCUT2D eigenvalue weighted by molar-refractivity contribution is 5.91. The third-order valence-corrected chi connectivity index (χ3v) is 8.78. The number of methoxy groups -OCH3 is 1. The molecule has 300 valence electrons. The summed E-state index contributed by atoms with van der Waals surface area (Å²) in [6.45, 7) is 6.04. The van der Waals surface area contributed by atoms with Crippen LogP contribution in [0.2, 0.25) is 0 Å². The molecule has 55 heavy (non-hydrogen) atoms. The molecule has 1 saturated carbocycles. The average Bonchev–Trinajstić information content (AvgIpc) is 3.29. The molecule has 0 spiro atoms. The van der Waals surface area contributed by atoms with Crippen LogP contribution in [0.4, 0.5) is 0 Å². The Morgan fingerprint density at radius 2 is 1.40 bits per heavy atom. The van der Waals surface area contributed by atoms with E-state index in [0.29, 0.717) is 5.56 Å². The summed E-state index contributed by atoms with van der Waals surface area (Å²) in [7, 11) is 1.04. The van der Waals surface area contributed by atoms with Crippen molar-refractivity contribution in [2.75, 3.05) is 13.7 Å². The van der Waals surface area contributed by atoms with E-state index in [2.05, 4.69) is 0 Å². The Kier molecular flexibility index (Phi) is 13.4. The molecule has 2 aliphatic heterocycles. The molecular weight excluding hydrogens is 736 g/mol. The lowest BCUT2D eigenvalue weighted by molar-refractivity contribution is -0.353. The molecule has 0 bridgehead atoms. The second-order valence-electron chi connectivity index (χ2n) is 13.0. The Hall–Kier alpha value is -5.37. The number of benzene rings is 1. The molecule has 19 heteroatoms. The second kappa shape index (κ2) is 17.4. The van der Waals surface area contributed by atoms with Crippen LogP contribution in [-0.4, -0.2) is 120 Å². The molecule has 3 aliphatic rings. The molecule has 1 aromatic carbocycles. The normalized spacial score (nSPS) is 31.1. The van der Waals surface area contributed by atoms with E-state index >= 15 is 0 Å². The van der Waals surface area contributed by atoms with E-state index in [1.54, 1.807) is 12.1 Å². The standard InChI is InChI=1S/C36H42O19/c1-17(37)47-16-25-28(50-19(3)39)29(51-20(4)40)30(52-21(5)41)33(53-25)55-34-31-35(6,44)26(14-36(31,45)24(15-48-34)32(43)46-7)54-27(42)13-10-22-8-11-23(12-9-22)49-18(2)38/h8-13,15,25-26,28-31,33-34,44-45H,14,16H2,1-7H3. The predicted octanol–water partition coefficient (Wildman–Crippen LogP) is 0.552. The van der Waals surface area contributed by atoms with Crippen LogP contribution in [0, 0.1) is 5.92 Å². The average molecular weight is 779 g/mol. The van der Waals surface area contributed by atoms with Crippen LogP contribution >= 0.6 is 0 Å². The van der Waals surface area contributed by atoms with Crippen LogP contribution in [0.3, 0.4) is 0 Å². The van der Waals surface area contributed by atoms with Crippen molar-refractivity contribution in [2.45, 2.75) is 102 Å². The Labute approximate surface area is 314 Å². The Morgan fingerprint density at radius 3 is 1.96 bits per heavy atom. The van der Waals surface area contributed by atoms with Gasteiger partial charge in [-0.05, 0) is 30.7 Å². The van der Waals surface area contributed by atoms with Crippen molar-refractivity contribution in [3.63, 3.8) is 0 Å². The number of rotatable bonds is 12. The van der Waals surface area contributed by atoms with Gasteiger partial charge in [-0.3, -0.25) is 24.0 Å². The summed E-state index contributed by atoms with van der Waals surface area (Å²) in [5.74, 6) is -7.39. The minimum absolute atomic E-state index is 0.280. The summed E-state index contributed by atoms with van der Waals surface area (Å²) in [6, 6.07) is 6.12. The quantitative estimate of drug-likeness (QED) is 0.127. The maximum absolute atomic E-state index is 13.1. The molecule has 0 aromatic heterocycles. The van der Waals surface area contributed by atoms with Gasteiger partial charge in [-0.2, -0.15) is 0 Å². The molecular formula is C36H42O19. The largest absolute Gasteiger partial charge is 0.471 e. The highest BCUT2D eigenvalue weighted by Crippen LogP contribution is 2.53. The van der Waals surface area contributed by atoms with E-state index in [0.717, 1.165) is 47.1 Å². The predicted molar refractivity (Wildman–Crippen MR) is 178 cm³/mol. The van der Waals surface area contributed by atoms with Gasteiger partial charge < -0.3 is 57.6 Å². The first kappa shape index (κ1) is 42.4. The number of esters is 7. The van der Waals surface area contributed by atoms with Gasteiger partial charge in [0, 0.05) is 47.1 Å². The maximum atomic E-state index is 13.1. The highest BCUT2D eigenvalue weighted by atomic mass is 16.8. The van der Waals surface area contributed by atoms with Crippen LogP contribution in [0.1, 0.15) is 53.5 Å². The van der Waals surface area contributed by atoms with E-state index in [-0.39, 0.29) is 5.75 Å². The summed E-state index contributed by atoms with van der Waals surface area (Å²) in [4.78, 5) is 85.6. The van der Waals surface area contributed by atoms with Crippen molar-refractivity contribution in [3.05, 3.63) is 47.7 Å². The van der Waals surface area contributed by atoms with Gasteiger partial charge in [-0.1, -0.05) is 12.1 Å². The number of aliphatic hydroxyl groups is 2. The molecule has 0 amide bonds. The minimum atomic E-state index is -2.36. The van der Waals surface area contributed by atoms with E-state index in [9.17, 15) is 43.8 Å². The molecule has 2 heterocycles. The molecule has 1 aromatic rings. The molecule has 10 atom stereocenters. The molecule has 1 aliphatic carbocycles. The van der Waals surface area contributed by atoms with Gasteiger partial charge in [0.1, 0.15) is 41.3 Å². The van der Waals surface area contributed by atoms with Crippen molar-refractivity contribution in [3.8, 4) is 5.75 Å². The van der Waals surface area contributed by atoms with E-state index in [1.807, 2.05) is 0 Å². The molecule has 0 radical (unpaired) electrons. The third-order valence-electron chi connectivity index (χ3n) is 8.78. The fourth-order valence-corrected chi connectivity index (χ4v) is 6.59. The lowest BCUT2D eigenvalue weighted by Gasteiger charge is -2.47. The Bertz CT molecular complexity index is 1710. The van der Waals surface area contributed by atoms with Crippen molar-refractivity contribution in [2.24, 2.45) is 5.92 Å². The van der Waals surface area contributed by atoms with Gasteiger partial charge in [0.15, 0.2) is 18.3 Å². The first-order valence-corrected chi connectivity index (χ1v) is 16.8. The Balaban J connectivity index is 1.68. The van der Waals surface area contributed by atoms with Gasteiger partial charge in [0.2, 0.25) is 12.6 Å². The zero-order valence-electron chi connectivity index (χ0n) is 30.9. The second-order valence-corrected chi connectivity index (χ2v) is 13.0. The molecule has 2 N–H and O–H groups in total. The van der Waals surface area contributed by atoms with Crippen molar-refractivity contribution in [1.29, 1.82) is 0 Å². The van der Waals surface area contributed by atoms with Gasteiger partial charge in [-0.15, -0.1) is 0 Å². The van der Waals surface area contributed by atoms with Crippen LogP contribution in [0.15, 0.2) is 42.2 Å². The molecule has 10 unspecified atom stereocenters. The van der Waals surface area contributed by atoms with E-state index < -0.39 is 121 Å². The van der Waals surface area contributed by atoms with Crippen LogP contribution < -0.4 is 4.74 Å². The smallest absolute Gasteiger partial charge is 0.339 e. The zero-order chi connectivity index (χ0) is 40.8. The maximum Gasteiger partial charge on any atom is 0.339 e. The lowest BCUT2D eigenvalue weighted by Crippen LogP contribution is -2.65. The van der Waals surface area contributed by atoms with Gasteiger partial charge in [0.25, 0.3) is 0 Å². The fraction of sp³-hybridized carbons (Fsp3) is 0.528. The number of carbonyl (C=O) groups is 7. The molecule has 2 fully saturated rings. The summed E-state index contributed by atoms with van der Waals surface area (Å²) in [6.07, 6.45) is -8.76. The summed E-state index contributed by atoms with van der Waals surface area (Å²) < 4.78 is 54.6. The third kappa shape index (κ3) is 10.0. The van der Waals surface area contributed by atoms with Crippen molar-refractivity contribution >= 4 is 47.9 Å². The van der Waals surface area contributed by atoms with Gasteiger partial charge in [-0.25, -0.2) is 9.59 Å². The van der Waals surface area contributed by atoms with Crippen LogP contribution in [-0.2, 0) is 76.2 Å². The van der Waals surface area contributed by atoms with Crippen LogP contribution in [0.25, 0.3) is 6.08 Å². The number of hydrogen-bond acceptors (Lipinski definition) is 19. The lowest BCUT2D eigenvalue weighted by atomic mass is 9.77.